The molecule has 0 spiro atoms. The first-order valence-corrected chi connectivity index (χ1v) is 9.86. The molecule has 3 heteroatoms. The molecule has 1 fully saturated rings. The van der Waals surface area contributed by atoms with E-state index in [0.29, 0.717) is 6.61 Å². The average Bonchev–Trinajstić information content (AvgIpc) is 2.72. The first-order valence-electron chi connectivity index (χ1n) is 9.86. The van der Waals surface area contributed by atoms with Crippen LogP contribution in [0.5, 0.6) is 0 Å². The standard InChI is InChI=1S/C23H30O3/c1-2-3-4-11-16-21-17-18-25-23(26-21,20-14-9-6-10-15-20)22(24)19-12-7-5-8-13-19/h5-10,12-15,21-22,24H,2-4,11,16-18H2,1H3. The average molecular weight is 354 g/mol. The van der Waals surface area contributed by atoms with Crippen LogP contribution >= 0.6 is 0 Å². The van der Waals surface area contributed by atoms with Crippen molar-refractivity contribution < 1.29 is 14.6 Å². The second-order valence-electron chi connectivity index (χ2n) is 7.07. The lowest BCUT2D eigenvalue weighted by molar-refractivity contribution is -0.343. The van der Waals surface area contributed by atoms with Gasteiger partial charge >= 0.3 is 0 Å². The Morgan fingerprint density at radius 2 is 1.69 bits per heavy atom. The van der Waals surface area contributed by atoms with E-state index in [4.69, 9.17) is 9.47 Å². The highest BCUT2D eigenvalue weighted by atomic mass is 16.7. The van der Waals surface area contributed by atoms with Crippen LogP contribution in [0.1, 0.15) is 62.7 Å². The van der Waals surface area contributed by atoms with Gasteiger partial charge in [0.25, 0.3) is 0 Å². The van der Waals surface area contributed by atoms with Gasteiger partial charge < -0.3 is 14.6 Å². The molecule has 140 valence electrons. The van der Waals surface area contributed by atoms with E-state index in [2.05, 4.69) is 6.92 Å². The molecule has 0 radical (unpaired) electrons. The van der Waals surface area contributed by atoms with Crippen LogP contribution < -0.4 is 0 Å². The molecule has 0 bridgehead atoms. The summed E-state index contributed by atoms with van der Waals surface area (Å²) in [5, 5.41) is 11.2. The van der Waals surface area contributed by atoms with Gasteiger partial charge in [-0.05, 0) is 18.4 Å². The van der Waals surface area contributed by atoms with Crippen LogP contribution in [0.4, 0.5) is 0 Å². The monoisotopic (exact) mass is 354 g/mol. The summed E-state index contributed by atoms with van der Waals surface area (Å²) in [6, 6.07) is 19.5. The van der Waals surface area contributed by atoms with Crippen LogP contribution in [-0.4, -0.2) is 17.8 Å². The molecule has 1 saturated heterocycles. The van der Waals surface area contributed by atoms with Crippen LogP contribution in [0.2, 0.25) is 0 Å². The normalized spacial score (nSPS) is 24.3. The van der Waals surface area contributed by atoms with Crippen molar-refractivity contribution in [2.45, 2.75) is 63.4 Å². The highest BCUT2D eigenvalue weighted by Gasteiger charge is 2.47. The van der Waals surface area contributed by atoms with E-state index in [0.717, 1.165) is 30.4 Å². The van der Waals surface area contributed by atoms with E-state index in [1.165, 1.54) is 19.3 Å². The van der Waals surface area contributed by atoms with E-state index in [1.54, 1.807) is 0 Å². The number of hydrogen-bond donors (Lipinski definition) is 1. The van der Waals surface area contributed by atoms with Crippen LogP contribution in [0.15, 0.2) is 60.7 Å². The molecule has 3 unspecified atom stereocenters. The summed E-state index contributed by atoms with van der Waals surface area (Å²) in [6.45, 7) is 2.82. The maximum absolute atomic E-state index is 11.2. The van der Waals surface area contributed by atoms with Crippen LogP contribution in [0.25, 0.3) is 0 Å². The number of rotatable bonds is 8. The fraction of sp³-hybridized carbons (Fsp3) is 0.478. The lowest BCUT2D eigenvalue weighted by Crippen LogP contribution is -2.46. The molecule has 1 N–H and O–H groups in total. The SMILES string of the molecule is CCCCCCC1CCOC(c2ccccc2)(C(O)c2ccccc2)O1. The molecule has 1 heterocycles. The van der Waals surface area contributed by atoms with Gasteiger partial charge in [0.05, 0.1) is 12.7 Å². The van der Waals surface area contributed by atoms with Crippen molar-refractivity contribution in [2.24, 2.45) is 0 Å². The fourth-order valence-corrected chi connectivity index (χ4v) is 3.66. The molecule has 0 amide bonds. The molecule has 2 aromatic rings. The Labute approximate surface area is 157 Å². The predicted molar refractivity (Wildman–Crippen MR) is 104 cm³/mol. The van der Waals surface area contributed by atoms with Gasteiger partial charge in [0.1, 0.15) is 6.10 Å². The molecule has 26 heavy (non-hydrogen) atoms. The summed E-state index contributed by atoms with van der Waals surface area (Å²) < 4.78 is 12.6. The predicted octanol–water partition coefficient (Wildman–Crippen LogP) is 5.35. The number of aliphatic hydroxyl groups excluding tert-OH is 1. The van der Waals surface area contributed by atoms with Gasteiger partial charge in [0.15, 0.2) is 0 Å². The second kappa shape index (κ2) is 9.31. The summed E-state index contributed by atoms with van der Waals surface area (Å²) in [4.78, 5) is 0. The molecular formula is C23H30O3. The van der Waals surface area contributed by atoms with E-state index in [-0.39, 0.29) is 6.10 Å². The number of unbranched alkanes of at least 4 members (excludes halogenated alkanes) is 3. The van der Waals surface area contributed by atoms with Gasteiger partial charge in [-0.2, -0.15) is 0 Å². The van der Waals surface area contributed by atoms with E-state index in [9.17, 15) is 5.11 Å². The zero-order valence-electron chi connectivity index (χ0n) is 15.6. The lowest BCUT2D eigenvalue weighted by Gasteiger charge is -2.44. The van der Waals surface area contributed by atoms with Crippen LogP contribution in [-0.2, 0) is 15.3 Å². The Hall–Kier alpha value is -1.68. The summed E-state index contributed by atoms with van der Waals surface area (Å²) >= 11 is 0. The highest BCUT2D eigenvalue weighted by molar-refractivity contribution is 5.28. The smallest absolute Gasteiger partial charge is 0.226 e. The quantitative estimate of drug-likeness (QED) is 0.650. The van der Waals surface area contributed by atoms with E-state index < -0.39 is 11.9 Å². The maximum atomic E-state index is 11.2. The van der Waals surface area contributed by atoms with Gasteiger partial charge in [-0.25, -0.2) is 0 Å². The third-order valence-corrected chi connectivity index (χ3v) is 5.13. The highest BCUT2D eigenvalue weighted by Crippen LogP contribution is 2.44. The van der Waals surface area contributed by atoms with Crippen molar-refractivity contribution >= 4 is 0 Å². The molecule has 3 nitrogen and oxygen atoms in total. The Bertz CT molecular complexity index is 643. The van der Waals surface area contributed by atoms with Crippen molar-refractivity contribution in [3.8, 4) is 0 Å². The third-order valence-electron chi connectivity index (χ3n) is 5.13. The van der Waals surface area contributed by atoms with Gasteiger partial charge in [-0.15, -0.1) is 0 Å². The maximum Gasteiger partial charge on any atom is 0.226 e. The van der Waals surface area contributed by atoms with Gasteiger partial charge in [0.2, 0.25) is 5.79 Å². The van der Waals surface area contributed by atoms with E-state index >= 15 is 0 Å². The minimum Gasteiger partial charge on any atom is -0.382 e. The zero-order valence-corrected chi connectivity index (χ0v) is 15.6. The topological polar surface area (TPSA) is 38.7 Å². The van der Waals surface area contributed by atoms with Gasteiger partial charge in [-0.3, -0.25) is 0 Å². The minimum absolute atomic E-state index is 0.110. The van der Waals surface area contributed by atoms with Gasteiger partial charge in [-0.1, -0.05) is 93.3 Å². The third kappa shape index (κ3) is 4.35. The molecule has 3 rings (SSSR count). The first-order chi connectivity index (χ1) is 12.8. The molecular weight excluding hydrogens is 324 g/mol. The molecule has 0 aliphatic carbocycles. The Morgan fingerprint density at radius 1 is 1.00 bits per heavy atom. The summed E-state index contributed by atoms with van der Waals surface area (Å²) in [7, 11) is 0. The molecule has 3 atom stereocenters. The van der Waals surface area contributed by atoms with Crippen molar-refractivity contribution in [1.29, 1.82) is 0 Å². The summed E-state index contributed by atoms with van der Waals surface area (Å²) in [5.74, 6) is -1.14. The second-order valence-corrected chi connectivity index (χ2v) is 7.07. The molecule has 1 aliphatic heterocycles. The van der Waals surface area contributed by atoms with Crippen LogP contribution in [0.3, 0.4) is 0 Å². The summed E-state index contributed by atoms with van der Waals surface area (Å²) in [5.41, 5.74) is 1.68. The fourth-order valence-electron chi connectivity index (χ4n) is 3.66. The number of benzene rings is 2. The zero-order chi connectivity index (χ0) is 18.2. The van der Waals surface area contributed by atoms with Crippen molar-refractivity contribution in [3.05, 3.63) is 71.8 Å². The van der Waals surface area contributed by atoms with Crippen molar-refractivity contribution in [1.82, 2.24) is 0 Å². The van der Waals surface area contributed by atoms with Crippen LogP contribution in [0, 0.1) is 0 Å². The Morgan fingerprint density at radius 3 is 2.38 bits per heavy atom. The molecule has 1 aliphatic rings. The number of hydrogen-bond acceptors (Lipinski definition) is 3. The molecule has 0 aromatic heterocycles. The Balaban J connectivity index is 1.84. The van der Waals surface area contributed by atoms with E-state index in [1.807, 2.05) is 60.7 Å². The first kappa shape index (κ1) is 19.1. The number of ether oxygens (including phenoxy) is 2. The lowest BCUT2D eigenvalue weighted by atomic mass is 9.92. The van der Waals surface area contributed by atoms with Crippen molar-refractivity contribution in [3.63, 3.8) is 0 Å². The van der Waals surface area contributed by atoms with Gasteiger partial charge in [0, 0.05) is 5.56 Å². The largest absolute Gasteiger partial charge is 0.382 e. The molecule has 2 aromatic carbocycles. The minimum atomic E-state index is -1.14. The Kier molecular flexibility index (Phi) is 6.84. The summed E-state index contributed by atoms with van der Waals surface area (Å²) in [6.07, 6.45) is 6.02. The van der Waals surface area contributed by atoms with Crippen molar-refractivity contribution in [2.75, 3.05) is 6.61 Å². The molecule has 0 saturated carbocycles. The number of aliphatic hydroxyl groups is 1.